The van der Waals surface area contributed by atoms with Crippen LogP contribution in [0.3, 0.4) is 0 Å². The van der Waals surface area contributed by atoms with Gasteiger partial charge in [0.15, 0.2) is 0 Å². The minimum Gasteiger partial charge on any atom is -0.345 e. The predicted octanol–water partition coefficient (Wildman–Crippen LogP) is 4.60. The van der Waals surface area contributed by atoms with Crippen molar-refractivity contribution in [3.8, 4) is 11.3 Å². The van der Waals surface area contributed by atoms with Crippen LogP contribution in [0, 0.1) is 0 Å². The number of amides is 1. The van der Waals surface area contributed by atoms with Crippen molar-refractivity contribution in [1.29, 1.82) is 0 Å². The zero-order valence-corrected chi connectivity index (χ0v) is 17.5. The minimum absolute atomic E-state index is 0.195. The lowest BCUT2D eigenvalue weighted by atomic mass is 10.2. The van der Waals surface area contributed by atoms with Crippen molar-refractivity contribution in [1.82, 2.24) is 14.9 Å². The fourth-order valence-electron chi connectivity index (χ4n) is 2.99. The highest BCUT2D eigenvalue weighted by Gasteiger charge is 2.11. The third-order valence-corrected chi connectivity index (χ3v) is 5.78. The van der Waals surface area contributed by atoms with Gasteiger partial charge in [0.25, 0.3) is 11.5 Å². The van der Waals surface area contributed by atoms with Crippen molar-refractivity contribution in [2.45, 2.75) is 13.1 Å². The van der Waals surface area contributed by atoms with E-state index in [0.717, 1.165) is 21.8 Å². The summed E-state index contributed by atoms with van der Waals surface area (Å²) in [5.74, 6) is -0.264. The van der Waals surface area contributed by atoms with Gasteiger partial charge in [-0.2, -0.15) is 0 Å². The highest BCUT2D eigenvalue weighted by Crippen LogP contribution is 2.21. The Bertz CT molecular complexity index is 1230. The fourth-order valence-corrected chi connectivity index (χ4v) is 3.93. The van der Waals surface area contributed by atoms with Gasteiger partial charge < -0.3 is 9.88 Å². The summed E-state index contributed by atoms with van der Waals surface area (Å²) in [5.41, 5.74) is 2.95. The Morgan fingerprint density at radius 1 is 1.03 bits per heavy atom. The maximum atomic E-state index is 12.6. The van der Waals surface area contributed by atoms with Crippen LogP contribution in [0.2, 0.25) is 5.02 Å². The molecule has 0 fully saturated rings. The molecule has 0 aliphatic carbocycles. The van der Waals surface area contributed by atoms with Gasteiger partial charge in [0.1, 0.15) is 5.01 Å². The van der Waals surface area contributed by atoms with Gasteiger partial charge in [0.2, 0.25) is 0 Å². The lowest BCUT2D eigenvalue weighted by Gasteiger charge is -2.10. The summed E-state index contributed by atoms with van der Waals surface area (Å²) in [6, 6.07) is 20.1. The van der Waals surface area contributed by atoms with Crippen LogP contribution in [0.1, 0.15) is 20.9 Å². The van der Waals surface area contributed by atoms with Gasteiger partial charge in [-0.3, -0.25) is 9.59 Å². The van der Waals surface area contributed by atoms with Crippen LogP contribution < -0.4 is 10.9 Å². The molecule has 1 N–H and O–H groups in total. The average Bonchev–Trinajstić information content (AvgIpc) is 3.25. The third-order valence-electron chi connectivity index (χ3n) is 4.57. The number of benzene rings is 2. The molecule has 2 aromatic heterocycles. The molecule has 0 saturated carbocycles. The summed E-state index contributed by atoms with van der Waals surface area (Å²) >= 11 is 7.69. The van der Waals surface area contributed by atoms with E-state index in [4.69, 9.17) is 11.6 Å². The normalized spacial score (nSPS) is 10.7. The van der Waals surface area contributed by atoms with Gasteiger partial charge in [-0.15, -0.1) is 11.3 Å². The first kappa shape index (κ1) is 20.1. The molecule has 0 aliphatic heterocycles. The Hall–Kier alpha value is -3.22. The Labute approximate surface area is 182 Å². The van der Waals surface area contributed by atoms with Crippen LogP contribution >= 0.6 is 22.9 Å². The van der Waals surface area contributed by atoms with Gasteiger partial charge in [-0.05, 0) is 17.7 Å². The van der Waals surface area contributed by atoms with E-state index in [2.05, 4.69) is 10.3 Å². The topological polar surface area (TPSA) is 64.0 Å². The maximum absolute atomic E-state index is 12.6. The molecule has 0 saturated heterocycles. The molecule has 0 aliphatic rings. The molecule has 0 atom stereocenters. The Kier molecular flexibility index (Phi) is 6.07. The summed E-state index contributed by atoms with van der Waals surface area (Å²) < 4.78 is 1.48. The molecule has 1 amide bonds. The molecule has 4 rings (SSSR count). The van der Waals surface area contributed by atoms with Crippen molar-refractivity contribution in [3.63, 3.8) is 0 Å². The number of pyridine rings is 1. The monoisotopic (exact) mass is 435 g/mol. The molecule has 0 unspecified atom stereocenters. The SMILES string of the molecule is O=C(NCc1nc(-c2ccccc2)cs1)c1ccc(=O)n(Cc2ccccc2Cl)c1. The van der Waals surface area contributed by atoms with E-state index in [-0.39, 0.29) is 11.5 Å². The van der Waals surface area contributed by atoms with E-state index in [0.29, 0.717) is 23.7 Å². The summed E-state index contributed by atoms with van der Waals surface area (Å²) in [6.07, 6.45) is 1.55. The predicted molar refractivity (Wildman–Crippen MR) is 120 cm³/mol. The van der Waals surface area contributed by atoms with Crippen LogP contribution in [-0.4, -0.2) is 15.5 Å². The van der Waals surface area contributed by atoms with Crippen LogP contribution in [0.5, 0.6) is 0 Å². The first-order chi connectivity index (χ1) is 14.6. The quantitative estimate of drug-likeness (QED) is 0.481. The van der Waals surface area contributed by atoms with E-state index >= 15 is 0 Å². The van der Waals surface area contributed by atoms with E-state index in [1.165, 1.54) is 28.0 Å². The van der Waals surface area contributed by atoms with Gasteiger partial charge in [-0.1, -0.05) is 60.1 Å². The van der Waals surface area contributed by atoms with Crippen molar-refractivity contribution in [3.05, 3.63) is 110 Å². The average molecular weight is 436 g/mol. The zero-order chi connectivity index (χ0) is 20.9. The van der Waals surface area contributed by atoms with E-state index in [9.17, 15) is 9.59 Å². The Morgan fingerprint density at radius 2 is 1.80 bits per heavy atom. The van der Waals surface area contributed by atoms with Crippen LogP contribution in [-0.2, 0) is 13.1 Å². The molecule has 0 spiro atoms. The van der Waals surface area contributed by atoms with Crippen LogP contribution in [0.15, 0.2) is 83.1 Å². The number of carbonyl (C=O) groups excluding carboxylic acids is 1. The lowest BCUT2D eigenvalue weighted by Crippen LogP contribution is -2.26. The number of hydrogen-bond acceptors (Lipinski definition) is 4. The summed E-state index contributed by atoms with van der Waals surface area (Å²) in [5, 5.41) is 6.23. The Morgan fingerprint density at radius 3 is 2.60 bits per heavy atom. The summed E-state index contributed by atoms with van der Waals surface area (Å²) in [7, 11) is 0. The Balaban J connectivity index is 1.45. The van der Waals surface area contributed by atoms with Gasteiger partial charge in [0.05, 0.1) is 24.3 Å². The van der Waals surface area contributed by atoms with Crippen molar-refractivity contribution in [2.75, 3.05) is 0 Å². The molecular formula is C23H18ClN3O2S. The number of carbonyl (C=O) groups is 1. The molecule has 150 valence electrons. The molecular weight excluding hydrogens is 418 g/mol. The molecule has 4 aromatic rings. The van der Waals surface area contributed by atoms with Crippen molar-refractivity contribution >= 4 is 28.8 Å². The smallest absolute Gasteiger partial charge is 0.253 e. The highest BCUT2D eigenvalue weighted by molar-refractivity contribution is 7.09. The lowest BCUT2D eigenvalue weighted by molar-refractivity contribution is 0.0950. The number of nitrogens with zero attached hydrogens (tertiary/aromatic N) is 2. The number of rotatable bonds is 6. The molecule has 5 nitrogen and oxygen atoms in total. The van der Waals surface area contributed by atoms with Crippen molar-refractivity contribution < 1.29 is 4.79 Å². The van der Waals surface area contributed by atoms with E-state index in [1.54, 1.807) is 12.3 Å². The van der Waals surface area contributed by atoms with Gasteiger partial charge in [0, 0.05) is 28.2 Å². The van der Waals surface area contributed by atoms with E-state index in [1.807, 2.05) is 53.9 Å². The second-order valence-electron chi connectivity index (χ2n) is 6.65. The summed E-state index contributed by atoms with van der Waals surface area (Å²) in [6.45, 7) is 0.618. The number of halogens is 1. The van der Waals surface area contributed by atoms with Gasteiger partial charge in [-0.25, -0.2) is 4.98 Å². The largest absolute Gasteiger partial charge is 0.345 e. The standard InChI is InChI=1S/C23H18ClN3O2S/c24-19-9-5-4-8-17(19)13-27-14-18(10-11-22(27)28)23(29)25-12-21-26-20(15-30-21)16-6-2-1-3-7-16/h1-11,14-15H,12-13H2,(H,25,29). The molecule has 0 radical (unpaired) electrons. The van der Waals surface area contributed by atoms with Gasteiger partial charge >= 0.3 is 0 Å². The number of nitrogens with one attached hydrogen (secondary N) is 1. The second-order valence-corrected chi connectivity index (χ2v) is 8.00. The molecule has 2 aromatic carbocycles. The van der Waals surface area contributed by atoms with Crippen molar-refractivity contribution in [2.24, 2.45) is 0 Å². The maximum Gasteiger partial charge on any atom is 0.253 e. The number of aromatic nitrogens is 2. The highest BCUT2D eigenvalue weighted by atomic mass is 35.5. The molecule has 2 heterocycles. The van der Waals surface area contributed by atoms with Crippen LogP contribution in [0.25, 0.3) is 11.3 Å². The first-order valence-corrected chi connectivity index (χ1v) is 10.6. The zero-order valence-electron chi connectivity index (χ0n) is 15.9. The molecule has 30 heavy (non-hydrogen) atoms. The number of hydrogen-bond donors (Lipinski definition) is 1. The second kappa shape index (κ2) is 9.07. The first-order valence-electron chi connectivity index (χ1n) is 9.32. The van der Waals surface area contributed by atoms with Crippen LogP contribution in [0.4, 0.5) is 0 Å². The molecule has 0 bridgehead atoms. The number of thiazole rings is 1. The minimum atomic E-state index is -0.264. The van der Waals surface area contributed by atoms with E-state index < -0.39 is 0 Å². The summed E-state index contributed by atoms with van der Waals surface area (Å²) in [4.78, 5) is 29.4. The third kappa shape index (κ3) is 4.67. The fraction of sp³-hybridized carbons (Fsp3) is 0.0870. The molecule has 7 heteroatoms.